The molecule has 0 spiro atoms. The van der Waals surface area contributed by atoms with Crippen molar-refractivity contribution in [1.29, 1.82) is 0 Å². The highest BCUT2D eigenvalue weighted by Gasteiger charge is 2.31. The van der Waals surface area contributed by atoms with Crippen molar-refractivity contribution >= 4 is 49.2 Å². The first-order valence-corrected chi connectivity index (χ1v) is 8.76. The molecular weight excluding hydrogens is 423 g/mol. The van der Waals surface area contributed by atoms with Gasteiger partial charge in [-0.15, -0.1) is 0 Å². The Morgan fingerprint density at radius 3 is 2.36 bits per heavy atom. The van der Waals surface area contributed by atoms with Gasteiger partial charge in [-0.05, 0) is 52.3 Å². The number of hydrogen-bond donors (Lipinski definition) is 2. The van der Waals surface area contributed by atoms with Gasteiger partial charge in [-0.3, -0.25) is 0 Å². The van der Waals surface area contributed by atoms with Crippen LogP contribution in [0.25, 0.3) is 10.9 Å². The van der Waals surface area contributed by atoms with Crippen LogP contribution in [0, 0.1) is 0 Å². The van der Waals surface area contributed by atoms with Gasteiger partial charge in [-0.1, -0.05) is 0 Å². The molecule has 1 N–H and O–H groups in total. The van der Waals surface area contributed by atoms with Crippen LogP contribution in [0.3, 0.4) is 0 Å². The second-order valence-electron chi connectivity index (χ2n) is 5.02. The number of nitrogens with one attached hydrogen (secondary N) is 1. The molecule has 10 heteroatoms. The first kappa shape index (κ1) is 17.6. The van der Waals surface area contributed by atoms with Gasteiger partial charge in [0.05, 0.1) is 16.0 Å². The molecule has 3 rings (SSSR count). The number of halogens is 4. The quantitative estimate of drug-likeness (QED) is 0.610. The number of anilines is 2. The van der Waals surface area contributed by atoms with E-state index in [1.807, 2.05) is 0 Å². The molecule has 0 unspecified atom stereocenters. The molecule has 25 heavy (non-hydrogen) atoms. The summed E-state index contributed by atoms with van der Waals surface area (Å²) in [7, 11) is -2.67. The van der Waals surface area contributed by atoms with Crippen molar-refractivity contribution in [3.05, 3.63) is 52.6 Å². The zero-order chi connectivity index (χ0) is 18.2. The number of thiol groups is 1. The summed E-state index contributed by atoms with van der Waals surface area (Å²) in [5, 5.41) is 3.11. The number of hydrogen-bond acceptors (Lipinski definition) is 5. The van der Waals surface area contributed by atoms with Gasteiger partial charge in [-0.2, -0.15) is 13.2 Å². The topological polar surface area (TPSA) is 72.0 Å². The van der Waals surface area contributed by atoms with E-state index in [1.165, 1.54) is 30.5 Å². The second kappa shape index (κ2) is 6.60. The number of fused-ring (bicyclic) bond motifs is 1. The fraction of sp³-hybridized carbons (Fsp3) is 0.0667. The summed E-state index contributed by atoms with van der Waals surface area (Å²) in [6.45, 7) is 0. The standard InChI is InChI=1S/C15H9BrF3N3O2S/c16-12-6-9(15(17,18)19)5-8-7-20-14(22-13(8)12)21-10-1-3-11(4-2-10)25(23)24/h1-7,25H,(H,20,21,22). The molecule has 1 heterocycles. The van der Waals surface area contributed by atoms with E-state index in [0.717, 1.165) is 12.1 Å². The lowest BCUT2D eigenvalue weighted by Gasteiger charge is -2.10. The molecule has 0 saturated heterocycles. The van der Waals surface area contributed by atoms with Gasteiger partial charge in [0.15, 0.2) is 10.7 Å². The van der Waals surface area contributed by atoms with E-state index in [2.05, 4.69) is 31.2 Å². The molecule has 5 nitrogen and oxygen atoms in total. The fourth-order valence-electron chi connectivity index (χ4n) is 2.12. The van der Waals surface area contributed by atoms with Crippen molar-refractivity contribution in [2.75, 3.05) is 5.32 Å². The molecular formula is C15H9BrF3N3O2S. The lowest BCUT2D eigenvalue weighted by molar-refractivity contribution is -0.137. The molecule has 0 saturated carbocycles. The van der Waals surface area contributed by atoms with Crippen molar-refractivity contribution in [3.8, 4) is 0 Å². The molecule has 0 aliphatic heterocycles. The van der Waals surface area contributed by atoms with E-state index in [4.69, 9.17) is 0 Å². The number of benzene rings is 2. The summed E-state index contributed by atoms with van der Waals surface area (Å²) in [5.41, 5.74) is 0.0752. The SMILES string of the molecule is O=[SH](=O)c1ccc(Nc2ncc3cc(C(F)(F)F)cc(Br)c3n2)cc1. The molecule has 0 fully saturated rings. The first-order valence-electron chi connectivity index (χ1n) is 6.79. The van der Waals surface area contributed by atoms with Gasteiger partial charge in [0.1, 0.15) is 0 Å². The minimum Gasteiger partial charge on any atom is -0.324 e. The molecule has 2 aromatic carbocycles. The van der Waals surface area contributed by atoms with Crippen LogP contribution in [0.4, 0.5) is 24.8 Å². The molecule has 0 amide bonds. The van der Waals surface area contributed by atoms with Crippen molar-refractivity contribution < 1.29 is 21.6 Å². The minimum atomic E-state index is -4.46. The van der Waals surface area contributed by atoms with E-state index >= 15 is 0 Å². The zero-order valence-electron chi connectivity index (χ0n) is 12.2. The van der Waals surface area contributed by atoms with Gasteiger partial charge in [0, 0.05) is 21.7 Å². The van der Waals surface area contributed by atoms with Crippen LogP contribution in [0.15, 0.2) is 52.0 Å². The Morgan fingerprint density at radius 1 is 1.08 bits per heavy atom. The van der Waals surface area contributed by atoms with Gasteiger partial charge < -0.3 is 5.32 Å². The highest BCUT2D eigenvalue weighted by atomic mass is 79.9. The van der Waals surface area contributed by atoms with Crippen LogP contribution in [-0.2, 0) is 16.9 Å². The average Bonchev–Trinajstić information content (AvgIpc) is 2.55. The van der Waals surface area contributed by atoms with Gasteiger partial charge in [0.25, 0.3) is 0 Å². The number of nitrogens with zero attached hydrogens (tertiary/aromatic N) is 2. The number of aromatic nitrogens is 2. The van der Waals surface area contributed by atoms with E-state index in [9.17, 15) is 21.6 Å². The summed E-state index contributed by atoms with van der Waals surface area (Å²) in [5.74, 6) is 0.173. The van der Waals surface area contributed by atoms with Crippen molar-refractivity contribution in [3.63, 3.8) is 0 Å². The maximum absolute atomic E-state index is 12.8. The number of rotatable bonds is 3. The van der Waals surface area contributed by atoms with E-state index in [1.54, 1.807) is 0 Å². The fourth-order valence-corrected chi connectivity index (χ4v) is 3.08. The Bertz CT molecular complexity index is 1010. The Hall–Kier alpha value is -2.20. The summed E-state index contributed by atoms with van der Waals surface area (Å²) < 4.78 is 60.4. The van der Waals surface area contributed by atoms with E-state index in [-0.39, 0.29) is 20.7 Å². The Kier molecular flexibility index (Phi) is 4.65. The third-order valence-electron chi connectivity index (χ3n) is 3.30. The summed E-state index contributed by atoms with van der Waals surface area (Å²) in [6.07, 6.45) is -3.18. The molecule has 1 aromatic heterocycles. The maximum Gasteiger partial charge on any atom is 0.416 e. The van der Waals surface area contributed by atoms with Gasteiger partial charge in [-0.25, -0.2) is 18.4 Å². The Morgan fingerprint density at radius 2 is 1.76 bits per heavy atom. The van der Waals surface area contributed by atoms with Gasteiger partial charge >= 0.3 is 6.18 Å². The monoisotopic (exact) mass is 431 g/mol. The molecule has 0 atom stereocenters. The lowest BCUT2D eigenvalue weighted by atomic mass is 10.1. The summed E-state index contributed by atoms with van der Waals surface area (Å²) in [4.78, 5) is 8.36. The first-order chi connectivity index (χ1) is 11.7. The van der Waals surface area contributed by atoms with Crippen LogP contribution in [0.1, 0.15) is 5.56 Å². The normalized spacial score (nSPS) is 11.9. The summed E-state index contributed by atoms with van der Waals surface area (Å²) >= 11 is 3.10. The Balaban J connectivity index is 1.94. The molecule has 3 aromatic rings. The maximum atomic E-state index is 12.8. The summed E-state index contributed by atoms with van der Waals surface area (Å²) in [6, 6.07) is 7.84. The van der Waals surface area contributed by atoms with E-state index in [0.29, 0.717) is 11.2 Å². The lowest BCUT2D eigenvalue weighted by Crippen LogP contribution is -2.05. The predicted molar refractivity (Wildman–Crippen MR) is 90.5 cm³/mol. The minimum absolute atomic E-state index is 0.169. The van der Waals surface area contributed by atoms with Crippen LogP contribution in [0.5, 0.6) is 0 Å². The zero-order valence-corrected chi connectivity index (χ0v) is 14.7. The smallest absolute Gasteiger partial charge is 0.324 e. The van der Waals surface area contributed by atoms with Crippen molar-refractivity contribution in [1.82, 2.24) is 9.97 Å². The third-order valence-corrected chi connectivity index (χ3v) is 4.62. The largest absolute Gasteiger partial charge is 0.416 e. The van der Waals surface area contributed by atoms with E-state index < -0.39 is 22.4 Å². The average molecular weight is 432 g/mol. The van der Waals surface area contributed by atoms with Crippen LogP contribution in [-0.4, -0.2) is 18.4 Å². The molecule has 0 radical (unpaired) electrons. The third kappa shape index (κ3) is 3.90. The second-order valence-corrected chi connectivity index (χ2v) is 6.90. The van der Waals surface area contributed by atoms with Crippen LogP contribution in [0.2, 0.25) is 0 Å². The highest BCUT2D eigenvalue weighted by molar-refractivity contribution is 9.10. The van der Waals surface area contributed by atoms with Crippen molar-refractivity contribution in [2.24, 2.45) is 0 Å². The molecule has 130 valence electrons. The van der Waals surface area contributed by atoms with Gasteiger partial charge in [0.2, 0.25) is 5.95 Å². The molecule has 0 aliphatic rings. The molecule has 0 aliphatic carbocycles. The predicted octanol–water partition coefficient (Wildman–Crippen LogP) is 4.13. The molecule has 0 bridgehead atoms. The van der Waals surface area contributed by atoms with Crippen LogP contribution >= 0.6 is 15.9 Å². The van der Waals surface area contributed by atoms with Crippen LogP contribution < -0.4 is 5.32 Å². The Labute approximate surface area is 150 Å². The number of alkyl halides is 3. The highest BCUT2D eigenvalue weighted by Crippen LogP contribution is 2.34. The van der Waals surface area contributed by atoms with Crippen molar-refractivity contribution in [2.45, 2.75) is 11.1 Å².